The molecule has 0 spiro atoms. The smallest absolute Gasteiger partial charge is 0.343 e. The lowest BCUT2D eigenvalue weighted by atomic mass is 10.0. The molecule has 0 unspecified atom stereocenters. The van der Waals surface area contributed by atoms with Gasteiger partial charge in [-0.25, -0.2) is 14.6 Å². The SMILES string of the molecule is COc1cc(C=C2C(=O)N(c3ccccc3)C(=O)N(c3ccccc3)C2=O)ccc1OS(=O)(=O)c1ccccc1. The van der Waals surface area contributed by atoms with Gasteiger partial charge in [0.25, 0.3) is 11.8 Å². The highest BCUT2D eigenvalue weighted by atomic mass is 32.2. The molecule has 1 aliphatic heterocycles. The van der Waals surface area contributed by atoms with Gasteiger partial charge in [-0.15, -0.1) is 0 Å². The second kappa shape index (κ2) is 10.9. The van der Waals surface area contributed by atoms with Crippen LogP contribution in [0.5, 0.6) is 11.5 Å². The molecule has 1 fully saturated rings. The molecule has 0 N–H and O–H groups in total. The van der Waals surface area contributed by atoms with Crippen molar-refractivity contribution in [1.82, 2.24) is 0 Å². The minimum atomic E-state index is -4.14. The number of methoxy groups -OCH3 is 1. The van der Waals surface area contributed by atoms with Gasteiger partial charge >= 0.3 is 16.1 Å². The fraction of sp³-hybridized carbons (Fsp3) is 0.0333. The van der Waals surface area contributed by atoms with E-state index in [1.165, 1.54) is 43.5 Å². The van der Waals surface area contributed by atoms with E-state index in [4.69, 9.17) is 8.92 Å². The zero-order valence-corrected chi connectivity index (χ0v) is 21.9. The van der Waals surface area contributed by atoms with Gasteiger partial charge in [-0.3, -0.25) is 9.59 Å². The molecule has 0 aromatic heterocycles. The van der Waals surface area contributed by atoms with Gasteiger partial charge < -0.3 is 8.92 Å². The number of hydrogen-bond donors (Lipinski definition) is 0. The highest BCUT2D eigenvalue weighted by Crippen LogP contribution is 2.33. The summed E-state index contributed by atoms with van der Waals surface area (Å²) in [6.45, 7) is 0. The second-order valence-corrected chi connectivity index (χ2v) is 10.1. The minimum Gasteiger partial charge on any atom is -0.493 e. The largest absolute Gasteiger partial charge is 0.493 e. The van der Waals surface area contributed by atoms with Crippen LogP contribution in [0.2, 0.25) is 0 Å². The molecule has 1 aliphatic rings. The Kier molecular flexibility index (Phi) is 7.17. The summed E-state index contributed by atoms with van der Waals surface area (Å²) >= 11 is 0. The van der Waals surface area contributed by atoms with Gasteiger partial charge in [-0.1, -0.05) is 60.7 Å². The van der Waals surface area contributed by atoms with Crippen molar-refractivity contribution in [2.24, 2.45) is 0 Å². The Hall–Kier alpha value is -5.22. The van der Waals surface area contributed by atoms with Gasteiger partial charge in [-0.2, -0.15) is 8.42 Å². The lowest BCUT2D eigenvalue weighted by Gasteiger charge is -2.33. The third-order valence-corrected chi connectivity index (χ3v) is 7.26. The molecule has 0 bridgehead atoms. The minimum absolute atomic E-state index is 0.0340. The molecule has 0 atom stereocenters. The first-order chi connectivity index (χ1) is 19.3. The van der Waals surface area contributed by atoms with Gasteiger partial charge in [0.05, 0.1) is 18.5 Å². The number of benzene rings is 4. The number of rotatable bonds is 7. The zero-order chi connectivity index (χ0) is 28.3. The normalized spacial score (nSPS) is 13.8. The number of anilines is 2. The Morgan fingerprint density at radius 2 is 1.15 bits per heavy atom. The summed E-state index contributed by atoms with van der Waals surface area (Å²) < 4.78 is 36.1. The van der Waals surface area contributed by atoms with E-state index >= 15 is 0 Å². The molecule has 5 rings (SSSR count). The topological polar surface area (TPSA) is 110 Å². The summed E-state index contributed by atoms with van der Waals surface area (Å²) in [5.41, 5.74) is 0.655. The monoisotopic (exact) mass is 554 g/mol. The van der Waals surface area contributed by atoms with E-state index < -0.39 is 28.0 Å². The number of barbiturate groups is 1. The predicted octanol–water partition coefficient (Wildman–Crippen LogP) is 5.05. The molecule has 0 radical (unpaired) electrons. The summed E-state index contributed by atoms with van der Waals surface area (Å²) in [4.78, 5) is 42.4. The molecular formula is C30H22N2O7S. The van der Waals surface area contributed by atoms with Crippen molar-refractivity contribution in [1.29, 1.82) is 0 Å². The van der Waals surface area contributed by atoms with Crippen LogP contribution in [-0.2, 0) is 19.7 Å². The second-order valence-electron chi connectivity index (χ2n) is 8.55. The molecule has 4 amide bonds. The standard InChI is InChI=1S/C30H22N2O7S/c1-38-27-20-21(17-18-26(27)39-40(36,37)24-15-9-4-10-16-24)19-25-28(33)31(22-11-5-2-6-12-22)30(35)32(29(25)34)23-13-7-3-8-14-23/h2-20H,1H3. The molecule has 10 heteroatoms. The first-order valence-corrected chi connectivity index (χ1v) is 13.4. The van der Waals surface area contributed by atoms with Crippen LogP contribution in [0.4, 0.5) is 16.2 Å². The van der Waals surface area contributed by atoms with Crippen LogP contribution in [0.15, 0.2) is 120 Å². The zero-order valence-electron chi connectivity index (χ0n) is 21.1. The number of amides is 4. The van der Waals surface area contributed by atoms with E-state index in [9.17, 15) is 22.8 Å². The average molecular weight is 555 g/mol. The lowest BCUT2D eigenvalue weighted by Crippen LogP contribution is -2.57. The maximum Gasteiger partial charge on any atom is 0.343 e. The first kappa shape index (κ1) is 26.4. The van der Waals surface area contributed by atoms with Crippen LogP contribution >= 0.6 is 0 Å². The molecular weight excluding hydrogens is 532 g/mol. The average Bonchev–Trinajstić information content (AvgIpc) is 2.97. The van der Waals surface area contributed by atoms with Crippen LogP contribution in [0.1, 0.15) is 5.56 Å². The predicted molar refractivity (Wildman–Crippen MR) is 148 cm³/mol. The molecule has 4 aromatic rings. The summed E-state index contributed by atoms with van der Waals surface area (Å²) in [7, 11) is -2.81. The molecule has 9 nitrogen and oxygen atoms in total. The van der Waals surface area contributed by atoms with Crippen LogP contribution in [-0.4, -0.2) is 33.4 Å². The van der Waals surface area contributed by atoms with Crippen LogP contribution < -0.4 is 18.7 Å². The highest BCUT2D eigenvalue weighted by Gasteiger charge is 2.43. The third-order valence-electron chi connectivity index (χ3n) is 6.01. The Morgan fingerprint density at radius 3 is 1.65 bits per heavy atom. The number of imide groups is 2. The van der Waals surface area contributed by atoms with Gasteiger partial charge in [0.15, 0.2) is 11.5 Å². The summed E-state index contributed by atoms with van der Waals surface area (Å²) in [6, 6.07) is 27.6. The fourth-order valence-electron chi connectivity index (χ4n) is 4.10. The maximum absolute atomic E-state index is 13.5. The Labute approximate surface area is 230 Å². The van der Waals surface area contributed by atoms with Crippen molar-refractivity contribution < 1.29 is 31.7 Å². The number of carbonyl (C=O) groups is 3. The number of carbonyl (C=O) groups excluding carboxylic acids is 3. The van der Waals surface area contributed by atoms with E-state index in [1.54, 1.807) is 78.9 Å². The molecule has 200 valence electrons. The van der Waals surface area contributed by atoms with E-state index in [-0.39, 0.29) is 22.0 Å². The van der Waals surface area contributed by atoms with Gasteiger partial charge in [0.2, 0.25) is 0 Å². The van der Waals surface area contributed by atoms with E-state index in [0.29, 0.717) is 16.9 Å². The Balaban J connectivity index is 1.55. The number of ether oxygens (including phenoxy) is 1. The van der Waals surface area contributed by atoms with Crippen molar-refractivity contribution in [3.63, 3.8) is 0 Å². The number of urea groups is 1. The molecule has 1 saturated heterocycles. The molecule has 0 aliphatic carbocycles. The van der Waals surface area contributed by atoms with Crippen LogP contribution in [0.25, 0.3) is 6.08 Å². The van der Waals surface area contributed by atoms with E-state index in [0.717, 1.165) is 9.80 Å². The quantitative estimate of drug-likeness (QED) is 0.179. The van der Waals surface area contributed by atoms with Crippen molar-refractivity contribution in [2.75, 3.05) is 16.9 Å². The lowest BCUT2D eigenvalue weighted by molar-refractivity contribution is -0.121. The van der Waals surface area contributed by atoms with Gasteiger partial charge in [-0.05, 0) is 60.2 Å². The highest BCUT2D eigenvalue weighted by molar-refractivity contribution is 7.87. The fourth-order valence-corrected chi connectivity index (χ4v) is 5.06. The molecule has 40 heavy (non-hydrogen) atoms. The van der Waals surface area contributed by atoms with Crippen molar-refractivity contribution in [3.8, 4) is 11.5 Å². The van der Waals surface area contributed by atoms with Gasteiger partial charge in [0, 0.05) is 0 Å². The van der Waals surface area contributed by atoms with Crippen molar-refractivity contribution >= 4 is 45.4 Å². The third kappa shape index (κ3) is 5.07. The van der Waals surface area contributed by atoms with E-state index in [2.05, 4.69) is 0 Å². The number of para-hydroxylation sites is 2. The van der Waals surface area contributed by atoms with Crippen LogP contribution in [0, 0.1) is 0 Å². The van der Waals surface area contributed by atoms with Crippen molar-refractivity contribution in [2.45, 2.75) is 4.90 Å². The molecule has 1 heterocycles. The Bertz CT molecular complexity index is 1660. The van der Waals surface area contributed by atoms with Crippen molar-refractivity contribution in [3.05, 3.63) is 120 Å². The van der Waals surface area contributed by atoms with Gasteiger partial charge in [0.1, 0.15) is 10.5 Å². The molecule has 0 saturated carbocycles. The maximum atomic E-state index is 13.5. The summed E-state index contributed by atoms with van der Waals surface area (Å²) in [6.07, 6.45) is 1.32. The molecule has 4 aromatic carbocycles. The summed E-state index contributed by atoms with van der Waals surface area (Å²) in [5.74, 6) is -1.64. The van der Waals surface area contributed by atoms with E-state index in [1.807, 2.05) is 0 Å². The first-order valence-electron chi connectivity index (χ1n) is 12.0. The van der Waals surface area contributed by atoms with Crippen LogP contribution in [0.3, 0.4) is 0 Å². The number of nitrogens with zero attached hydrogens (tertiary/aromatic N) is 2. The number of hydrogen-bond acceptors (Lipinski definition) is 7. The summed E-state index contributed by atoms with van der Waals surface area (Å²) in [5, 5.41) is 0. The Morgan fingerprint density at radius 1 is 0.650 bits per heavy atom.